The molecule has 6 heteroatoms. The number of piperidine rings is 1. The van der Waals surface area contributed by atoms with E-state index in [0.717, 1.165) is 17.7 Å². The van der Waals surface area contributed by atoms with Gasteiger partial charge in [-0.1, -0.05) is 36.4 Å². The normalized spacial score (nSPS) is 14.5. The van der Waals surface area contributed by atoms with E-state index in [2.05, 4.69) is 6.58 Å². The SMILES string of the molecule is C=CCN(Cc1ccccc1)C(=O)C1CCN(C(=O)c2ccc(F)cc2F)CC1. The highest BCUT2D eigenvalue weighted by atomic mass is 19.1. The summed E-state index contributed by atoms with van der Waals surface area (Å²) in [6.45, 7) is 5.42. The van der Waals surface area contributed by atoms with Crippen LogP contribution < -0.4 is 0 Å². The lowest BCUT2D eigenvalue weighted by atomic mass is 9.94. The highest BCUT2D eigenvalue weighted by Gasteiger charge is 2.31. The molecule has 0 aliphatic carbocycles. The van der Waals surface area contributed by atoms with Crippen molar-refractivity contribution in [2.45, 2.75) is 19.4 Å². The van der Waals surface area contributed by atoms with Crippen molar-refractivity contribution in [3.05, 3.63) is 83.9 Å². The summed E-state index contributed by atoms with van der Waals surface area (Å²) in [5, 5.41) is 0. The van der Waals surface area contributed by atoms with Crippen LogP contribution >= 0.6 is 0 Å². The van der Waals surface area contributed by atoms with Crippen LogP contribution in [-0.2, 0) is 11.3 Å². The number of amides is 2. The van der Waals surface area contributed by atoms with E-state index in [1.54, 1.807) is 11.0 Å². The van der Waals surface area contributed by atoms with E-state index in [4.69, 9.17) is 0 Å². The van der Waals surface area contributed by atoms with E-state index < -0.39 is 17.5 Å². The zero-order valence-corrected chi connectivity index (χ0v) is 16.2. The van der Waals surface area contributed by atoms with Crippen LogP contribution in [-0.4, -0.2) is 41.2 Å². The Kier molecular flexibility index (Phi) is 6.75. The summed E-state index contributed by atoms with van der Waals surface area (Å²) < 4.78 is 27.0. The summed E-state index contributed by atoms with van der Waals surface area (Å²) in [5.41, 5.74) is 0.899. The first-order chi connectivity index (χ1) is 14.0. The number of benzene rings is 2. The average Bonchev–Trinajstić information content (AvgIpc) is 2.73. The third-order valence-electron chi connectivity index (χ3n) is 5.17. The number of halogens is 2. The minimum Gasteiger partial charge on any atom is -0.339 e. The standard InChI is InChI=1S/C23H24F2N2O2/c1-2-12-27(16-17-6-4-3-5-7-17)22(28)18-10-13-26(14-11-18)23(29)20-9-8-19(24)15-21(20)25/h2-9,15,18H,1,10-14,16H2. The van der Waals surface area contributed by atoms with Gasteiger partial charge in [0.2, 0.25) is 5.91 Å². The maximum absolute atomic E-state index is 13.9. The highest BCUT2D eigenvalue weighted by molar-refractivity contribution is 5.94. The maximum atomic E-state index is 13.9. The first kappa shape index (κ1) is 20.7. The number of carbonyl (C=O) groups is 2. The summed E-state index contributed by atoms with van der Waals surface area (Å²) >= 11 is 0. The fourth-order valence-electron chi connectivity index (χ4n) is 3.61. The van der Waals surface area contributed by atoms with Gasteiger partial charge in [-0.25, -0.2) is 8.78 Å². The lowest BCUT2D eigenvalue weighted by Gasteiger charge is -2.34. The van der Waals surface area contributed by atoms with Gasteiger partial charge in [0.25, 0.3) is 5.91 Å². The monoisotopic (exact) mass is 398 g/mol. The van der Waals surface area contributed by atoms with Crippen LogP contribution in [0.15, 0.2) is 61.2 Å². The van der Waals surface area contributed by atoms with Gasteiger partial charge >= 0.3 is 0 Å². The molecule has 0 N–H and O–H groups in total. The average molecular weight is 398 g/mol. The fraction of sp³-hybridized carbons (Fsp3) is 0.304. The molecule has 1 fully saturated rings. The van der Waals surface area contributed by atoms with Crippen LogP contribution in [0.2, 0.25) is 0 Å². The Bertz CT molecular complexity index is 878. The summed E-state index contributed by atoms with van der Waals surface area (Å²) in [4.78, 5) is 28.8. The van der Waals surface area contributed by atoms with Crippen molar-refractivity contribution in [3.63, 3.8) is 0 Å². The summed E-state index contributed by atoms with van der Waals surface area (Å²) in [6, 6.07) is 12.7. The van der Waals surface area contributed by atoms with Gasteiger partial charge in [0.05, 0.1) is 5.56 Å². The van der Waals surface area contributed by atoms with Gasteiger partial charge in [0.1, 0.15) is 11.6 Å². The topological polar surface area (TPSA) is 40.6 Å². The predicted octanol–water partition coefficient (Wildman–Crippen LogP) is 4.03. The van der Waals surface area contributed by atoms with Gasteiger partial charge < -0.3 is 9.80 Å². The van der Waals surface area contributed by atoms with E-state index in [9.17, 15) is 18.4 Å². The zero-order valence-electron chi connectivity index (χ0n) is 16.2. The van der Waals surface area contributed by atoms with Gasteiger partial charge in [0.15, 0.2) is 0 Å². The van der Waals surface area contributed by atoms with Crippen LogP contribution in [0.5, 0.6) is 0 Å². The van der Waals surface area contributed by atoms with Gasteiger partial charge in [0, 0.05) is 38.2 Å². The molecule has 0 unspecified atom stereocenters. The second-order valence-corrected chi connectivity index (χ2v) is 7.18. The van der Waals surface area contributed by atoms with E-state index in [0.29, 0.717) is 45.1 Å². The Hall–Kier alpha value is -3.02. The third-order valence-corrected chi connectivity index (χ3v) is 5.17. The van der Waals surface area contributed by atoms with Crippen molar-refractivity contribution >= 4 is 11.8 Å². The van der Waals surface area contributed by atoms with Crippen LogP contribution in [0, 0.1) is 17.6 Å². The smallest absolute Gasteiger partial charge is 0.256 e. The van der Waals surface area contributed by atoms with Crippen LogP contribution in [0.1, 0.15) is 28.8 Å². The number of carbonyl (C=O) groups excluding carboxylic acids is 2. The summed E-state index contributed by atoms with van der Waals surface area (Å²) in [7, 11) is 0. The Balaban J connectivity index is 1.61. The molecule has 0 atom stereocenters. The molecule has 0 spiro atoms. The number of rotatable bonds is 6. The lowest BCUT2D eigenvalue weighted by Crippen LogP contribution is -2.44. The zero-order chi connectivity index (χ0) is 20.8. The Morgan fingerprint density at radius 2 is 1.79 bits per heavy atom. The first-order valence-electron chi connectivity index (χ1n) is 9.67. The fourth-order valence-corrected chi connectivity index (χ4v) is 3.61. The molecule has 2 amide bonds. The Morgan fingerprint density at radius 1 is 1.10 bits per heavy atom. The number of hydrogen-bond acceptors (Lipinski definition) is 2. The highest BCUT2D eigenvalue weighted by Crippen LogP contribution is 2.23. The van der Waals surface area contributed by atoms with Crippen molar-refractivity contribution in [1.29, 1.82) is 0 Å². The number of hydrogen-bond donors (Lipinski definition) is 0. The van der Waals surface area contributed by atoms with Crippen LogP contribution in [0.25, 0.3) is 0 Å². The van der Waals surface area contributed by atoms with Crippen molar-refractivity contribution in [2.24, 2.45) is 5.92 Å². The van der Waals surface area contributed by atoms with Gasteiger partial charge in [-0.3, -0.25) is 9.59 Å². The first-order valence-corrected chi connectivity index (χ1v) is 9.67. The molecule has 3 rings (SSSR count). The van der Waals surface area contributed by atoms with Crippen LogP contribution in [0.3, 0.4) is 0 Å². The molecular weight excluding hydrogens is 374 g/mol. The molecule has 1 aliphatic heterocycles. The Morgan fingerprint density at radius 3 is 2.41 bits per heavy atom. The van der Waals surface area contributed by atoms with E-state index in [1.807, 2.05) is 30.3 Å². The third kappa shape index (κ3) is 5.08. The van der Waals surface area contributed by atoms with Crippen molar-refractivity contribution < 1.29 is 18.4 Å². The van der Waals surface area contributed by atoms with E-state index in [1.165, 1.54) is 4.90 Å². The van der Waals surface area contributed by atoms with E-state index >= 15 is 0 Å². The van der Waals surface area contributed by atoms with E-state index in [-0.39, 0.29) is 17.4 Å². The minimum absolute atomic E-state index is 0.0359. The molecule has 0 saturated carbocycles. The molecule has 0 radical (unpaired) electrons. The molecular formula is C23H24F2N2O2. The molecule has 29 heavy (non-hydrogen) atoms. The second kappa shape index (κ2) is 9.45. The van der Waals surface area contributed by atoms with Gasteiger partial charge in [-0.05, 0) is 30.5 Å². The quantitative estimate of drug-likeness (QED) is 0.690. The van der Waals surface area contributed by atoms with Crippen molar-refractivity contribution in [2.75, 3.05) is 19.6 Å². The lowest BCUT2D eigenvalue weighted by molar-refractivity contribution is -0.137. The Labute approximate surface area is 169 Å². The molecule has 2 aromatic rings. The number of nitrogens with zero attached hydrogens (tertiary/aromatic N) is 2. The maximum Gasteiger partial charge on any atom is 0.256 e. The molecule has 1 aliphatic rings. The predicted molar refractivity (Wildman–Crippen MR) is 107 cm³/mol. The van der Waals surface area contributed by atoms with Crippen LogP contribution in [0.4, 0.5) is 8.78 Å². The van der Waals surface area contributed by atoms with Crippen molar-refractivity contribution in [3.8, 4) is 0 Å². The molecule has 1 heterocycles. The summed E-state index contributed by atoms with van der Waals surface area (Å²) in [5.74, 6) is -2.22. The molecule has 1 saturated heterocycles. The molecule has 152 valence electrons. The second-order valence-electron chi connectivity index (χ2n) is 7.18. The molecule has 4 nitrogen and oxygen atoms in total. The van der Waals surface area contributed by atoms with Gasteiger partial charge in [-0.15, -0.1) is 6.58 Å². The largest absolute Gasteiger partial charge is 0.339 e. The minimum atomic E-state index is -0.867. The molecule has 0 aromatic heterocycles. The van der Waals surface area contributed by atoms with Gasteiger partial charge in [-0.2, -0.15) is 0 Å². The molecule has 0 bridgehead atoms. The van der Waals surface area contributed by atoms with Crippen molar-refractivity contribution in [1.82, 2.24) is 9.80 Å². The molecule has 2 aromatic carbocycles. The number of likely N-dealkylation sites (tertiary alicyclic amines) is 1. The summed E-state index contributed by atoms with van der Waals surface area (Å²) in [6.07, 6.45) is 2.72.